The van der Waals surface area contributed by atoms with Crippen LogP contribution in [0.2, 0.25) is 0 Å². The Labute approximate surface area is 176 Å². The number of hydrogen-bond acceptors (Lipinski definition) is 5. The minimum Gasteiger partial charge on any atom is -0.443 e. The van der Waals surface area contributed by atoms with E-state index in [9.17, 15) is 14.7 Å². The summed E-state index contributed by atoms with van der Waals surface area (Å²) in [7, 11) is 0. The SMILES string of the molecule is CCC(C)(C)OC(=O)N1CCC(O)CC1.CCC(C)(C)OC(=O)N1CCCCC1. The average molecular weight is 415 g/mol. The first kappa shape index (κ1) is 25.5. The molecule has 2 aliphatic rings. The van der Waals surface area contributed by atoms with Gasteiger partial charge in [-0.3, -0.25) is 0 Å². The molecule has 0 aliphatic carbocycles. The van der Waals surface area contributed by atoms with E-state index in [4.69, 9.17) is 9.47 Å². The lowest BCUT2D eigenvalue weighted by molar-refractivity contribution is -0.000853. The van der Waals surface area contributed by atoms with Gasteiger partial charge in [0.15, 0.2) is 0 Å². The Balaban J connectivity index is 0.000000291. The van der Waals surface area contributed by atoms with E-state index in [2.05, 4.69) is 0 Å². The van der Waals surface area contributed by atoms with Gasteiger partial charge in [-0.15, -0.1) is 0 Å². The molecule has 0 unspecified atom stereocenters. The zero-order chi connectivity index (χ0) is 22.1. The van der Waals surface area contributed by atoms with Crippen LogP contribution in [0.1, 0.15) is 86.5 Å². The van der Waals surface area contributed by atoms with Crippen LogP contribution in [0.5, 0.6) is 0 Å². The Morgan fingerprint density at radius 3 is 1.55 bits per heavy atom. The maximum absolute atomic E-state index is 11.7. The predicted octanol–water partition coefficient (Wildman–Crippen LogP) is 4.57. The Hall–Kier alpha value is -1.50. The molecule has 170 valence electrons. The number of amides is 2. The van der Waals surface area contributed by atoms with Crippen molar-refractivity contribution in [1.29, 1.82) is 0 Å². The molecule has 0 bridgehead atoms. The number of aliphatic hydroxyl groups excluding tert-OH is 1. The first-order valence-electron chi connectivity index (χ1n) is 11.1. The molecular weight excluding hydrogens is 372 g/mol. The van der Waals surface area contributed by atoms with E-state index >= 15 is 0 Å². The van der Waals surface area contributed by atoms with Crippen LogP contribution in [0.25, 0.3) is 0 Å². The highest BCUT2D eigenvalue weighted by molar-refractivity contribution is 5.68. The Morgan fingerprint density at radius 1 is 0.793 bits per heavy atom. The van der Waals surface area contributed by atoms with Crippen LogP contribution in [0.4, 0.5) is 9.59 Å². The minimum absolute atomic E-state index is 0.142. The van der Waals surface area contributed by atoms with Crippen molar-refractivity contribution in [2.75, 3.05) is 26.2 Å². The first-order valence-corrected chi connectivity index (χ1v) is 11.1. The van der Waals surface area contributed by atoms with Gasteiger partial charge in [0.1, 0.15) is 11.2 Å². The van der Waals surface area contributed by atoms with Crippen LogP contribution < -0.4 is 0 Å². The van der Waals surface area contributed by atoms with Gasteiger partial charge >= 0.3 is 12.2 Å². The van der Waals surface area contributed by atoms with Crippen molar-refractivity contribution in [1.82, 2.24) is 9.80 Å². The van der Waals surface area contributed by atoms with Gasteiger partial charge in [-0.25, -0.2) is 9.59 Å². The van der Waals surface area contributed by atoms with E-state index in [-0.39, 0.29) is 23.9 Å². The van der Waals surface area contributed by atoms with Gasteiger partial charge in [-0.05, 0) is 72.6 Å². The fourth-order valence-corrected chi connectivity index (χ4v) is 2.87. The van der Waals surface area contributed by atoms with E-state index in [1.54, 1.807) is 4.90 Å². The van der Waals surface area contributed by atoms with Gasteiger partial charge in [0.25, 0.3) is 0 Å². The molecule has 29 heavy (non-hydrogen) atoms. The second-order valence-electron chi connectivity index (χ2n) is 9.23. The Morgan fingerprint density at radius 2 is 1.17 bits per heavy atom. The van der Waals surface area contributed by atoms with Gasteiger partial charge in [-0.1, -0.05) is 13.8 Å². The molecule has 2 heterocycles. The third-order valence-electron chi connectivity index (χ3n) is 5.77. The van der Waals surface area contributed by atoms with E-state index in [1.807, 2.05) is 46.4 Å². The lowest BCUT2D eigenvalue weighted by Crippen LogP contribution is -2.43. The summed E-state index contributed by atoms with van der Waals surface area (Å²) in [5.74, 6) is 0. The maximum Gasteiger partial charge on any atom is 0.410 e. The summed E-state index contributed by atoms with van der Waals surface area (Å²) in [5.41, 5.74) is -0.721. The van der Waals surface area contributed by atoms with Crippen molar-refractivity contribution in [3.63, 3.8) is 0 Å². The summed E-state index contributed by atoms with van der Waals surface area (Å²) in [6, 6.07) is 0. The molecule has 0 aromatic carbocycles. The van der Waals surface area contributed by atoms with E-state index in [0.29, 0.717) is 25.9 Å². The van der Waals surface area contributed by atoms with Crippen molar-refractivity contribution in [2.24, 2.45) is 0 Å². The molecule has 2 saturated heterocycles. The van der Waals surface area contributed by atoms with Gasteiger partial charge < -0.3 is 24.4 Å². The molecule has 0 radical (unpaired) electrons. The Kier molecular flexibility index (Phi) is 10.2. The number of nitrogens with zero attached hydrogens (tertiary/aromatic N) is 2. The zero-order valence-corrected chi connectivity index (χ0v) is 19.3. The van der Waals surface area contributed by atoms with Gasteiger partial charge in [0, 0.05) is 26.2 Å². The van der Waals surface area contributed by atoms with Gasteiger partial charge in [-0.2, -0.15) is 0 Å². The maximum atomic E-state index is 11.7. The number of ether oxygens (including phenoxy) is 2. The molecule has 2 aliphatic heterocycles. The molecule has 0 aromatic heterocycles. The van der Waals surface area contributed by atoms with Crippen molar-refractivity contribution < 1.29 is 24.2 Å². The lowest BCUT2D eigenvalue weighted by atomic mass is 10.1. The van der Waals surface area contributed by atoms with Crippen molar-refractivity contribution in [2.45, 2.75) is 104 Å². The highest BCUT2D eigenvalue weighted by atomic mass is 16.6. The lowest BCUT2D eigenvalue weighted by Gasteiger charge is -2.32. The molecule has 7 heteroatoms. The number of aliphatic hydroxyl groups is 1. The van der Waals surface area contributed by atoms with Crippen LogP contribution >= 0.6 is 0 Å². The quantitative estimate of drug-likeness (QED) is 0.729. The highest BCUT2D eigenvalue weighted by Gasteiger charge is 2.27. The van der Waals surface area contributed by atoms with E-state index < -0.39 is 5.60 Å². The summed E-state index contributed by atoms with van der Waals surface area (Å²) in [5, 5.41) is 9.31. The largest absolute Gasteiger partial charge is 0.443 e. The molecule has 7 nitrogen and oxygen atoms in total. The van der Waals surface area contributed by atoms with Crippen LogP contribution in [-0.4, -0.2) is 70.6 Å². The molecule has 1 N–H and O–H groups in total. The van der Waals surface area contributed by atoms with Gasteiger partial charge in [0.05, 0.1) is 6.10 Å². The van der Waals surface area contributed by atoms with E-state index in [1.165, 1.54) is 6.42 Å². The molecule has 2 rings (SSSR count). The second kappa shape index (κ2) is 11.6. The predicted molar refractivity (Wildman–Crippen MR) is 114 cm³/mol. The number of rotatable bonds is 4. The van der Waals surface area contributed by atoms with Crippen LogP contribution in [-0.2, 0) is 9.47 Å². The highest BCUT2D eigenvalue weighted by Crippen LogP contribution is 2.19. The molecule has 0 saturated carbocycles. The second-order valence-corrected chi connectivity index (χ2v) is 9.23. The average Bonchev–Trinajstić information content (AvgIpc) is 2.69. The third kappa shape index (κ3) is 9.70. The van der Waals surface area contributed by atoms with Gasteiger partial charge in [0.2, 0.25) is 0 Å². The molecule has 0 spiro atoms. The van der Waals surface area contributed by atoms with Crippen molar-refractivity contribution >= 4 is 12.2 Å². The number of carbonyl (C=O) groups excluding carboxylic acids is 2. The number of hydrogen-bond donors (Lipinski definition) is 1. The normalized spacial score (nSPS) is 18.6. The molecule has 2 amide bonds. The summed E-state index contributed by atoms with van der Waals surface area (Å²) >= 11 is 0. The van der Waals surface area contributed by atoms with E-state index in [0.717, 1.165) is 38.8 Å². The topological polar surface area (TPSA) is 79.3 Å². The molecule has 0 atom stereocenters. The summed E-state index contributed by atoms with van der Waals surface area (Å²) in [6.45, 7) is 14.7. The number of piperidine rings is 2. The van der Waals surface area contributed by atoms with Crippen LogP contribution in [0, 0.1) is 0 Å². The minimum atomic E-state index is -0.396. The van der Waals surface area contributed by atoms with Crippen LogP contribution in [0.15, 0.2) is 0 Å². The first-order chi connectivity index (χ1) is 13.5. The standard InChI is InChI=1S/C11H21NO3.C11H21NO2/c1-4-11(2,3)15-10(14)12-7-5-9(13)6-8-12;1-4-11(2,3)14-10(13)12-8-6-5-7-9-12/h9,13H,4-8H2,1-3H3;4-9H2,1-3H3. The fraction of sp³-hybridized carbons (Fsp3) is 0.909. The number of likely N-dealkylation sites (tertiary alicyclic amines) is 2. The summed E-state index contributed by atoms with van der Waals surface area (Å²) in [6.07, 6.45) is 5.77. The fourth-order valence-electron chi connectivity index (χ4n) is 2.87. The molecule has 2 fully saturated rings. The summed E-state index contributed by atoms with van der Waals surface area (Å²) in [4.78, 5) is 26.9. The van der Waals surface area contributed by atoms with Crippen molar-refractivity contribution in [3.8, 4) is 0 Å². The van der Waals surface area contributed by atoms with Crippen LogP contribution in [0.3, 0.4) is 0 Å². The molecule has 0 aromatic rings. The number of carbonyl (C=O) groups is 2. The monoisotopic (exact) mass is 414 g/mol. The summed E-state index contributed by atoms with van der Waals surface area (Å²) < 4.78 is 10.8. The zero-order valence-electron chi connectivity index (χ0n) is 19.3. The smallest absolute Gasteiger partial charge is 0.410 e. The third-order valence-corrected chi connectivity index (χ3v) is 5.77. The Bertz CT molecular complexity index is 507. The van der Waals surface area contributed by atoms with Crippen molar-refractivity contribution in [3.05, 3.63) is 0 Å². The molecular formula is C22H42N2O5.